The van der Waals surface area contributed by atoms with Crippen LogP contribution in [0.2, 0.25) is 0 Å². The first kappa shape index (κ1) is 10.7. The number of nitriles is 1. The van der Waals surface area contributed by atoms with Crippen LogP contribution >= 0.6 is 0 Å². The molecule has 2 aliphatic rings. The fourth-order valence-corrected chi connectivity index (χ4v) is 4.02. The van der Waals surface area contributed by atoms with Gasteiger partial charge in [-0.15, -0.1) is 0 Å². The molecule has 1 fully saturated rings. The van der Waals surface area contributed by atoms with Crippen LogP contribution in [-0.4, -0.2) is 13.1 Å². The third kappa shape index (κ3) is 1.15. The summed E-state index contributed by atoms with van der Waals surface area (Å²) in [6, 6.07) is 11.1. The van der Waals surface area contributed by atoms with E-state index < -0.39 is 0 Å². The molecular formula is C15H18N2. The van der Waals surface area contributed by atoms with Crippen molar-refractivity contribution in [3.05, 3.63) is 29.8 Å². The zero-order chi connectivity index (χ0) is 12.0. The van der Waals surface area contributed by atoms with Crippen molar-refractivity contribution < 1.29 is 0 Å². The summed E-state index contributed by atoms with van der Waals surface area (Å²) in [6.45, 7) is 2.31. The molecule has 0 aromatic heterocycles. The summed E-state index contributed by atoms with van der Waals surface area (Å²) >= 11 is 0. The Balaban J connectivity index is 2.23. The first-order chi connectivity index (χ1) is 8.21. The van der Waals surface area contributed by atoms with Crippen molar-refractivity contribution in [2.45, 2.75) is 37.6 Å². The molecule has 0 N–H and O–H groups in total. The lowest BCUT2D eigenvalue weighted by Gasteiger charge is -2.34. The van der Waals surface area contributed by atoms with E-state index in [4.69, 9.17) is 0 Å². The Morgan fingerprint density at radius 3 is 2.82 bits per heavy atom. The van der Waals surface area contributed by atoms with Gasteiger partial charge in [0.15, 0.2) is 0 Å². The number of nitrogens with zero attached hydrogens (tertiary/aromatic N) is 2. The minimum Gasteiger partial charge on any atom is -0.358 e. The summed E-state index contributed by atoms with van der Waals surface area (Å²) in [4.78, 5) is 2.18. The van der Waals surface area contributed by atoms with Crippen LogP contribution in [-0.2, 0) is 5.41 Å². The van der Waals surface area contributed by atoms with Crippen molar-refractivity contribution >= 4 is 5.69 Å². The lowest BCUT2D eigenvalue weighted by Crippen LogP contribution is -2.44. The third-order valence-corrected chi connectivity index (χ3v) is 4.89. The fraction of sp³-hybridized carbons (Fsp3) is 0.533. The van der Waals surface area contributed by atoms with E-state index in [1.165, 1.54) is 24.1 Å². The second-order valence-electron chi connectivity index (χ2n) is 5.49. The number of hydrogen-bond donors (Lipinski definition) is 0. The van der Waals surface area contributed by atoms with Gasteiger partial charge in [0.2, 0.25) is 0 Å². The molecule has 3 rings (SSSR count). The van der Waals surface area contributed by atoms with Crippen LogP contribution in [0, 0.1) is 17.2 Å². The van der Waals surface area contributed by atoms with Gasteiger partial charge in [-0.3, -0.25) is 0 Å². The predicted molar refractivity (Wildman–Crippen MR) is 68.9 cm³/mol. The van der Waals surface area contributed by atoms with Crippen molar-refractivity contribution in [1.82, 2.24) is 0 Å². The number of anilines is 1. The first-order valence-electron chi connectivity index (χ1n) is 6.44. The average Bonchev–Trinajstić information content (AvgIpc) is 2.83. The second kappa shape index (κ2) is 3.50. The Morgan fingerprint density at radius 1 is 1.41 bits per heavy atom. The van der Waals surface area contributed by atoms with E-state index >= 15 is 0 Å². The highest BCUT2D eigenvalue weighted by molar-refractivity contribution is 5.66. The Labute approximate surface area is 103 Å². The molecule has 1 spiro atoms. The SMILES string of the molecule is C[C@@H]1CCC[C@]12c1ccccc1N(C)[C@@H]2C#N. The highest BCUT2D eigenvalue weighted by Crippen LogP contribution is 2.56. The molecular weight excluding hydrogens is 208 g/mol. The molecule has 1 saturated carbocycles. The summed E-state index contributed by atoms with van der Waals surface area (Å²) in [5.41, 5.74) is 2.74. The highest BCUT2D eigenvalue weighted by Gasteiger charge is 2.55. The second-order valence-corrected chi connectivity index (χ2v) is 5.49. The summed E-state index contributed by atoms with van der Waals surface area (Å²) < 4.78 is 0. The van der Waals surface area contributed by atoms with Gasteiger partial charge in [0, 0.05) is 18.2 Å². The number of likely N-dealkylation sites (N-methyl/N-ethyl adjacent to an activating group) is 1. The molecule has 1 aliphatic carbocycles. The summed E-state index contributed by atoms with van der Waals surface area (Å²) in [6.07, 6.45) is 3.66. The minimum atomic E-state index is 0.0115. The monoisotopic (exact) mass is 226 g/mol. The van der Waals surface area contributed by atoms with Crippen molar-refractivity contribution in [1.29, 1.82) is 5.26 Å². The van der Waals surface area contributed by atoms with Crippen molar-refractivity contribution in [3.63, 3.8) is 0 Å². The zero-order valence-corrected chi connectivity index (χ0v) is 10.5. The molecule has 0 saturated heterocycles. The number of rotatable bonds is 0. The molecule has 1 aromatic rings. The van der Waals surface area contributed by atoms with Gasteiger partial charge < -0.3 is 4.90 Å². The summed E-state index contributed by atoms with van der Waals surface area (Å²) in [5, 5.41) is 9.56. The van der Waals surface area contributed by atoms with Crippen LogP contribution in [0.25, 0.3) is 0 Å². The lowest BCUT2D eigenvalue weighted by atomic mass is 9.70. The van der Waals surface area contributed by atoms with Crippen molar-refractivity contribution in [2.75, 3.05) is 11.9 Å². The molecule has 3 atom stereocenters. The number of hydrogen-bond acceptors (Lipinski definition) is 2. The quantitative estimate of drug-likeness (QED) is 0.679. The molecule has 1 aliphatic heterocycles. The minimum absolute atomic E-state index is 0.0115. The van der Waals surface area contributed by atoms with E-state index in [0.29, 0.717) is 5.92 Å². The van der Waals surface area contributed by atoms with Crippen LogP contribution in [0.4, 0.5) is 5.69 Å². The van der Waals surface area contributed by atoms with Gasteiger partial charge >= 0.3 is 0 Å². The van der Waals surface area contributed by atoms with E-state index in [9.17, 15) is 5.26 Å². The standard InChI is InChI=1S/C15H18N2/c1-11-6-5-9-15(11)12-7-3-4-8-13(12)17(2)14(15)10-16/h3-4,7-8,11,14H,5-6,9H2,1-2H3/t11-,14-,15-/m1/s1. The predicted octanol–water partition coefficient (Wildman–Crippen LogP) is 3.09. The molecule has 17 heavy (non-hydrogen) atoms. The van der Waals surface area contributed by atoms with Crippen LogP contribution in [0.3, 0.4) is 0 Å². The van der Waals surface area contributed by atoms with Crippen LogP contribution in [0.15, 0.2) is 24.3 Å². The fourth-order valence-electron chi connectivity index (χ4n) is 4.02. The number of para-hydroxylation sites is 1. The van der Waals surface area contributed by atoms with Crippen molar-refractivity contribution in [2.24, 2.45) is 5.92 Å². The topological polar surface area (TPSA) is 27.0 Å². The lowest BCUT2D eigenvalue weighted by molar-refractivity contribution is 0.323. The van der Waals surface area contributed by atoms with E-state index in [1.54, 1.807) is 0 Å². The Hall–Kier alpha value is -1.49. The van der Waals surface area contributed by atoms with Gasteiger partial charge in [-0.25, -0.2) is 0 Å². The van der Waals surface area contributed by atoms with Crippen LogP contribution in [0.5, 0.6) is 0 Å². The first-order valence-corrected chi connectivity index (χ1v) is 6.44. The smallest absolute Gasteiger partial charge is 0.126 e. The summed E-state index contributed by atoms with van der Waals surface area (Å²) in [7, 11) is 2.06. The summed E-state index contributed by atoms with van der Waals surface area (Å²) in [5.74, 6) is 0.609. The molecule has 88 valence electrons. The van der Waals surface area contributed by atoms with Gasteiger partial charge in [-0.2, -0.15) is 5.26 Å². The largest absolute Gasteiger partial charge is 0.358 e. The van der Waals surface area contributed by atoms with Gasteiger partial charge in [0.25, 0.3) is 0 Å². The molecule has 0 unspecified atom stereocenters. The van der Waals surface area contributed by atoms with Crippen LogP contribution in [0.1, 0.15) is 31.7 Å². The third-order valence-electron chi connectivity index (χ3n) is 4.89. The van der Waals surface area contributed by atoms with Gasteiger partial charge in [0.05, 0.1) is 6.07 Å². The van der Waals surface area contributed by atoms with E-state index in [-0.39, 0.29) is 11.5 Å². The zero-order valence-electron chi connectivity index (χ0n) is 10.5. The van der Waals surface area contributed by atoms with Gasteiger partial charge in [-0.1, -0.05) is 31.5 Å². The van der Waals surface area contributed by atoms with Crippen molar-refractivity contribution in [3.8, 4) is 6.07 Å². The van der Waals surface area contributed by atoms with Crippen LogP contribution < -0.4 is 4.90 Å². The maximum absolute atomic E-state index is 9.56. The molecule has 0 radical (unpaired) electrons. The van der Waals surface area contributed by atoms with Gasteiger partial charge in [0.1, 0.15) is 6.04 Å². The molecule has 1 heterocycles. The Kier molecular flexibility index (Phi) is 2.19. The van der Waals surface area contributed by atoms with E-state index in [1.807, 2.05) is 0 Å². The maximum atomic E-state index is 9.56. The maximum Gasteiger partial charge on any atom is 0.126 e. The highest BCUT2D eigenvalue weighted by atomic mass is 15.2. The molecule has 0 bridgehead atoms. The van der Waals surface area contributed by atoms with E-state index in [0.717, 1.165) is 6.42 Å². The Bertz CT molecular complexity index is 488. The molecule has 2 heteroatoms. The Morgan fingerprint density at radius 2 is 2.18 bits per heavy atom. The number of fused-ring (bicyclic) bond motifs is 2. The van der Waals surface area contributed by atoms with E-state index in [2.05, 4.69) is 49.2 Å². The average molecular weight is 226 g/mol. The van der Waals surface area contributed by atoms with Gasteiger partial charge in [-0.05, 0) is 30.4 Å². The molecule has 2 nitrogen and oxygen atoms in total. The molecule has 0 amide bonds. The molecule has 1 aromatic carbocycles. The number of benzene rings is 1. The normalized spacial score (nSPS) is 35.0.